The lowest BCUT2D eigenvalue weighted by Crippen LogP contribution is -2.47. The lowest BCUT2D eigenvalue weighted by atomic mass is 9.81. The van der Waals surface area contributed by atoms with Crippen molar-refractivity contribution in [3.8, 4) is 0 Å². The van der Waals surface area contributed by atoms with E-state index in [0.717, 1.165) is 6.42 Å². The minimum Gasteiger partial charge on any atom is -0.362 e. The second-order valence-electron chi connectivity index (χ2n) is 11.8. The van der Waals surface area contributed by atoms with Crippen LogP contribution in [-0.4, -0.2) is 23.5 Å². The summed E-state index contributed by atoms with van der Waals surface area (Å²) in [6, 6.07) is 11.8. The maximum atomic E-state index is 4.05. The average Bonchev–Trinajstić information content (AvgIpc) is 2.97. The number of hydrogen-bond donors (Lipinski definition) is 1. The van der Waals surface area contributed by atoms with Crippen molar-refractivity contribution in [3.05, 3.63) is 113 Å². The molecule has 1 N–H and O–H groups in total. The largest absolute Gasteiger partial charge is 0.362 e. The minimum atomic E-state index is 0.484. The van der Waals surface area contributed by atoms with E-state index < -0.39 is 0 Å². The molecule has 5 aliphatic rings. The first-order valence-corrected chi connectivity index (χ1v) is 15.2. The Balaban J connectivity index is 1.25. The summed E-state index contributed by atoms with van der Waals surface area (Å²) in [5, 5.41) is 4.05. The van der Waals surface area contributed by atoms with Crippen LogP contribution in [0.5, 0.6) is 0 Å². The summed E-state index contributed by atoms with van der Waals surface area (Å²) >= 11 is 0. The SMILES string of the molecule is C/C1=C\CCCN(C2C=CC(c3ccccc3)=CC2)C2CCCC(NC3=CC(C4=CC=CCC4)CCC3)=C12. The fourth-order valence-electron chi connectivity index (χ4n) is 7.31. The van der Waals surface area contributed by atoms with Gasteiger partial charge in [0.2, 0.25) is 0 Å². The van der Waals surface area contributed by atoms with E-state index in [9.17, 15) is 0 Å². The van der Waals surface area contributed by atoms with Crippen molar-refractivity contribution in [1.29, 1.82) is 0 Å². The number of benzene rings is 1. The Hall–Kier alpha value is -2.84. The van der Waals surface area contributed by atoms with Gasteiger partial charge in [-0.25, -0.2) is 0 Å². The molecular weight excluding hydrogens is 460 g/mol. The first-order valence-electron chi connectivity index (χ1n) is 15.2. The van der Waals surface area contributed by atoms with Crippen molar-refractivity contribution in [2.45, 2.75) is 89.6 Å². The van der Waals surface area contributed by atoms with Crippen molar-refractivity contribution in [1.82, 2.24) is 10.2 Å². The summed E-state index contributed by atoms with van der Waals surface area (Å²) < 4.78 is 0. The summed E-state index contributed by atoms with van der Waals surface area (Å²) in [6.07, 6.45) is 32.8. The molecule has 0 spiro atoms. The van der Waals surface area contributed by atoms with E-state index >= 15 is 0 Å². The summed E-state index contributed by atoms with van der Waals surface area (Å²) in [4.78, 5) is 2.85. The van der Waals surface area contributed by atoms with Crippen LogP contribution >= 0.6 is 0 Å². The van der Waals surface area contributed by atoms with Gasteiger partial charge in [0.25, 0.3) is 0 Å². The summed E-state index contributed by atoms with van der Waals surface area (Å²) in [5.74, 6) is 0.615. The van der Waals surface area contributed by atoms with E-state index in [0.29, 0.717) is 18.0 Å². The van der Waals surface area contributed by atoms with Crippen LogP contribution in [-0.2, 0) is 0 Å². The molecule has 0 amide bonds. The van der Waals surface area contributed by atoms with Crippen LogP contribution in [0.1, 0.15) is 83.1 Å². The van der Waals surface area contributed by atoms with E-state index in [1.165, 1.54) is 98.9 Å². The van der Waals surface area contributed by atoms with Crippen LogP contribution in [0.25, 0.3) is 5.57 Å². The first-order chi connectivity index (χ1) is 18.8. The molecule has 2 nitrogen and oxygen atoms in total. The first kappa shape index (κ1) is 25.4. The van der Waals surface area contributed by atoms with Crippen LogP contribution in [0.2, 0.25) is 0 Å². The summed E-state index contributed by atoms with van der Waals surface area (Å²) in [7, 11) is 0. The Bertz CT molecular complexity index is 1220. The maximum Gasteiger partial charge on any atom is 0.0374 e. The van der Waals surface area contributed by atoms with Gasteiger partial charge in [0.1, 0.15) is 0 Å². The van der Waals surface area contributed by atoms with Crippen molar-refractivity contribution in [3.63, 3.8) is 0 Å². The van der Waals surface area contributed by atoms with Crippen molar-refractivity contribution in [2.75, 3.05) is 6.54 Å². The van der Waals surface area contributed by atoms with E-state index in [1.54, 1.807) is 11.1 Å². The van der Waals surface area contributed by atoms with Crippen molar-refractivity contribution >= 4 is 5.57 Å². The topological polar surface area (TPSA) is 15.3 Å². The van der Waals surface area contributed by atoms with Crippen LogP contribution in [0.15, 0.2) is 107 Å². The third kappa shape index (κ3) is 5.61. The number of hydrogen-bond acceptors (Lipinski definition) is 2. The van der Waals surface area contributed by atoms with Gasteiger partial charge in [0, 0.05) is 29.4 Å². The van der Waals surface area contributed by atoms with Gasteiger partial charge >= 0.3 is 0 Å². The normalized spacial score (nSPS) is 29.8. The molecule has 1 aromatic carbocycles. The van der Waals surface area contributed by atoms with Gasteiger partial charge in [-0.15, -0.1) is 0 Å². The minimum absolute atomic E-state index is 0.484. The molecule has 0 fully saturated rings. The van der Waals surface area contributed by atoms with Crippen molar-refractivity contribution < 1.29 is 0 Å². The number of nitrogens with one attached hydrogen (secondary N) is 1. The highest BCUT2D eigenvalue weighted by Crippen LogP contribution is 2.38. The fourth-order valence-corrected chi connectivity index (χ4v) is 7.31. The summed E-state index contributed by atoms with van der Waals surface area (Å²) in [5.41, 5.74) is 10.4. The summed E-state index contributed by atoms with van der Waals surface area (Å²) in [6.45, 7) is 3.56. The van der Waals surface area contributed by atoms with Crippen LogP contribution < -0.4 is 5.32 Å². The Morgan fingerprint density at radius 3 is 2.63 bits per heavy atom. The van der Waals surface area contributed by atoms with Crippen LogP contribution in [0, 0.1) is 5.92 Å². The highest BCUT2D eigenvalue weighted by atomic mass is 15.2. The van der Waals surface area contributed by atoms with Crippen LogP contribution in [0.4, 0.5) is 0 Å². The Morgan fingerprint density at radius 1 is 0.921 bits per heavy atom. The fraction of sp³-hybridized carbons (Fsp3) is 0.444. The second-order valence-corrected chi connectivity index (χ2v) is 11.8. The molecule has 6 rings (SSSR count). The predicted octanol–water partition coefficient (Wildman–Crippen LogP) is 8.80. The number of nitrogens with zero attached hydrogens (tertiary/aromatic N) is 1. The monoisotopic (exact) mass is 504 g/mol. The van der Waals surface area contributed by atoms with E-state index in [1.807, 2.05) is 0 Å². The Labute approximate surface area is 230 Å². The molecule has 0 saturated heterocycles. The molecule has 0 bridgehead atoms. The van der Waals surface area contributed by atoms with Gasteiger partial charge in [0.05, 0.1) is 0 Å². The van der Waals surface area contributed by atoms with Crippen LogP contribution in [0.3, 0.4) is 0 Å². The molecular formula is C36H44N2. The molecule has 1 aromatic rings. The van der Waals surface area contributed by atoms with Gasteiger partial charge in [0.15, 0.2) is 0 Å². The highest BCUT2D eigenvalue weighted by Gasteiger charge is 2.34. The van der Waals surface area contributed by atoms with Crippen molar-refractivity contribution in [2.24, 2.45) is 5.92 Å². The molecule has 0 aromatic heterocycles. The molecule has 1 heterocycles. The molecule has 38 heavy (non-hydrogen) atoms. The molecule has 2 heteroatoms. The van der Waals surface area contributed by atoms with Gasteiger partial charge in [-0.2, -0.15) is 0 Å². The molecule has 198 valence electrons. The number of allylic oxidation sites excluding steroid dienone is 10. The van der Waals surface area contributed by atoms with Gasteiger partial charge in [-0.1, -0.05) is 84.5 Å². The molecule has 1 aliphatic heterocycles. The Kier molecular flexibility index (Phi) is 7.97. The van der Waals surface area contributed by atoms with Gasteiger partial charge < -0.3 is 5.32 Å². The lowest BCUT2D eigenvalue weighted by molar-refractivity contribution is 0.163. The van der Waals surface area contributed by atoms with E-state index in [4.69, 9.17) is 0 Å². The third-order valence-electron chi connectivity index (χ3n) is 9.27. The number of fused-ring (bicyclic) bond motifs is 1. The zero-order valence-electron chi connectivity index (χ0n) is 23.2. The smallest absolute Gasteiger partial charge is 0.0374 e. The van der Waals surface area contributed by atoms with Gasteiger partial charge in [-0.3, -0.25) is 4.90 Å². The standard InChI is InChI=1S/C36H44N2/c1-27-12-8-9-25-38(33-23-21-30(22-24-33)28-13-4-2-5-14-28)35-20-11-19-34(36(27)35)37-32-18-10-17-31(26-32)29-15-6-3-7-16-29/h2-6,12-15,21-23,26,31,33,35,37H,7-11,16-20,24-25H2,1H3/b27-12+. The highest BCUT2D eigenvalue weighted by molar-refractivity contribution is 5.75. The van der Waals surface area contributed by atoms with E-state index in [-0.39, 0.29) is 0 Å². The second kappa shape index (κ2) is 11.9. The lowest BCUT2D eigenvalue weighted by Gasteiger charge is -2.43. The maximum absolute atomic E-state index is 4.05. The average molecular weight is 505 g/mol. The van der Waals surface area contributed by atoms with E-state index in [2.05, 4.69) is 96.1 Å². The predicted molar refractivity (Wildman–Crippen MR) is 161 cm³/mol. The molecule has 3 unspecified atom stereocenters. The molecule has 0 saturated carbocycles. The molecule has 4 aliphatic carbocycles. The quantitative estimate of drug-likeness (QED) is 0.431. The third-order valence-corrected chi connectivity index (χ3v) is 9.27. The van der Waals surface area contributed by atoms with Gasteiger partial charge in [-0.05, 0) is 106 Å². The zero-order valence-corrected chi connectivity index (χ0v) is 23.2. The number of rotatable bonds is 5. The molecule has 0 radical (unpaired) electrons. The molecule has 3 atom stereocenters. The Morgan fingerprint density at radius 2 is 1.82 bits per heavy atom. The zero-order chi connectivity index (χ0) is 25.7.